The molecule has 5 heteroatoms. The average molecular weight is 310 g/mol. The number of halogens is 3. The highest BCUT2D eigenvalue weighted by atomic mass is 32.2. The third-order valence-corrected chi connectivity index (χ3v) is 4.48. The van der Waals surface area contributed by atoms with Crippen molar-refractivity contribution in [1.29, 1.82) is 5.26 Å². The van der Waals surface area contributed by atoms with Crippen molar-refractivity contribution < 1.29 is 13.2 Å². The van der Waals surface area contributed by atoms with Crippen LogP contribution in [0.2, 0.25) is 0 Å². The van der Waals surface area contributed by atoms with Crippen molar-refractivity contribution in [1.82, 2.24) is 0 Å². The smallest absolute Gasteiger partial charge is 0.192 e. The molecule has 0 N–H and O–H groups in total. The van der Waals surface area contributed by atoms with E-state index in [4.69, 9.17) is 5.26 Å². The van der Waals surface area contributed by atoms with Gasteiger partial charge < -0.3 is 0 Å². The Hall–Kier alpha value is -1.93. The Balaban J connectivity index is 0.000000491. The van der Waals surface area contributed by atoms with Gasteiger partial charge in [-0.15, -0.1) is 0 Å². The van der Waals surface area contributed by atoms with Crippen molar-refractivity contribution in [2.75, 3.05) is 6.26 Å². The van der Waals surface area contributed by atoms with E-state index >= 15 is 0 Å². The summed E-state index contributed by atoms with van der Waals surface area (Å²) in [5.74, 6) is 0.938. The van der Waals surface area contributed by atoms with Gasteiger partial charge in [0.05, 0.1) is 11.6 Å². The first-order chi connectivity index (χ1) is 10.0. The Morgan fingerprint density at radius 1 is 1.00 bits per heavy atom. The molecule has 0 radical (unpaired) electrons. The highest BCUT2D eigenvalue weighted by molar-refractivity contribution is 7.95. The van der Waals surface area contributed by atoms with Crippen molar-refractivity contribution >= 4 is 10.9 Å². The largest absolute Gasteiger partial charge is 0.379 e. The molecule has 1 atom stereocenters. The lowest BCUT2D eigenvalue weighted by atomic mass is 10.1. The monoisotopic (exact) mass is 310 g/mol. The second-order valence-corrected chi connectivity index (χ2v) is 6.15. The third-order valence-electron chi connectivity index (χ3n) is 2.66. The number of benzene rings is 2. The van der Waals surface area contributed by atoms with Crippen LogP contribution in [-0.2, 0) is 16.6 Å². The van der Waals surface area contributed by atoms with Crippen LogP contribution in [0.4, 0.5) is 13.2 Å². The predicted molar refractivity (Wildman–Crippen MR) is 80.0 cm³/mol. The Morgan fingerprint density at radius 2 is 1.52 bits per heavy atom. The molecule has 1 unspecified atom stereocenters. The number of rotatable bonds is 3. The summed E-state index contributed by atoms with van der Waals surface area (Å²) in [6, 6.07) is 20.6. The summed E-state index contributed by atoms with van der Waals surface area (Å²) in [5, 5.41) is 9.05. The van der Waals surface area contributed by atoms with Gasteiger partial charge >= 0.3 is 6.68 Å². The Morgan fingerprint density at radius 3 is 2.10 bits per heavy atom. The van der Waals surface area contributed by atoms with Crippen LogP contribution in [-0.4, -0.2) is 12.9 Å². The van der Waals surface area contributed by atoms with Gasteiger partial charge in [-0.2, -0.15) is 18.4 Å². The van der Waals surface area contributed by atoms with Crippen molar-refractivity contribution in [3.05, 3.63) is 65.7 Å². The number of alkyl halides is 3. The van der Waals surface area contributed by atoms with E-state index in [0.717, 1.165) is 16.9 Å². The summed E-state index contributed by atoms with van der Waals surface area (Å²) >= 11 is 0. The van der Waals surface area contributed by atoms with Crippen LogP contribution in [0.1, 0.15) is 11.1 Å². The first-order valence-corrected chi connectivity index (χ1v) is 7.92. The van der Waals surface area contributed by atoms with Crippen LogP contribution in [0.5, 0.6) is 0 Å². The molecule has 1 nitrogen and oxygen atoms in total. The summed E-state index contributed by atoms with van der Waals surface area (Å²) in [5.41, 5.74) is 1.94. The maximum absolute atomic E-state index is 9.67. The fraction of sp³-hybridized carbons (Fsp3) is 0.188. The fourth-order valence-electron chi connectivity index (χ4n) is 1.72. The van der Waals surface area contributed by atoms with E-state index in [1.165, 1.54) is 4.90 Å². The van der Waals surface area contributed by atoms with E-state index in [1.807, 2.05) is 30.3 Å². The first kappa shape index (κ1) is 17.1. The molecular formula is C16H15F3NS+. The molecule has 0 aliphatic carbocycles. The molecule has 0 bridgehead atoms. The number of hydrogen-bond acceptors (Lipinski definition) is 1. The lowest BCUT2D eigenvalue weighted by Crippen LogP contribution is -2.04. The Kier molecular flexibility index (Phi) is 7.41. The SMILES string of the molecule is C[S+](Cc1ccccc1C#N)c1ccccc1.FC(F)F. The topological polar surface area (TPSA) is 23.8 Å². The van der Waals surface area contributed by atoms with E-state index in [-0.39, 0.29) is 10.9 Å². The molecule has 2 aromatic rings. The molecule has 0 heterocycles. The lowest BCUT2D eigenvalue weighted by molar-refractivity contribution is 0.00819. The second kappa shape index (κ2) is 9.09. The summed E-state index contributed by atoms with van der Waals surface area (Å²) < 4.78 is 29.0. The minimum absolute atomic E-state index is 0.153. The third kappa shape index (κ3) is 6.37. The van der Waals surface area contributed by atoms with Crippen LogP contribution in [0.3, 0.4) is 0 Å². The molecule has 110 valence electrons. The molecule has 0 aromatic heterocycles. The number of nitrogens with zero attached hydrogens (tertiary/aromatic N) is 1. The zero-order valence-corrected chi connectivity index (χ0v) is 12.3. The Labute approximate surface area is 125 Å². The van der Waals surface area contributed by atoms with Gasteiger partial charge in [0.2, 0.25) is 0 Å². The van der Waals surface area contributed by atoms with Crippen molar-refractivity contribution in [3.8, 4) is 6.07 Å². The van der Waals surface area contributed by atoms with E-state index in [1.54, 1.807) is 0 Å². The highest BCUT2D eigenvalue weighted by Crippen LogP contribution is 2.18. The lowest BCUT2D eigenvalue weighted by Gasteiger charge is -2.04. The van der Waals surface area contributed by atoms with Gasteiger partial charge in [-0.3, -0.25) is 0 Å². The number of hydrogen-bond donors (Lipinski definition) is 0. The van der Waals surface area contributed by atoms with Crippen LogP contribution in [0.25, 0.3) is 0 Å². The zero-order valence-electron chi connectivity index (χ0n) is 11.5. The Bertz CT molecular complexity index is 579. The minimum atomic E-state index is -3.67. The minimum Gasteiger partial charge on any atom is -0.192 e. The van der Waals surface area contributed by atoms with Crippen LogP contribution < -0.4 is 0 Å². The normalized spacial score (nSPS) is 11.2. The maximum atomic E-state index is 9.67. The predicted octanol–water partition coefficient (Wildman–Crippen LogP) is 4.54. The van der Waals surface area contributed by atoms with Crippen molar-refractivity contribution in [3.63, 3.8) is 0 Å². The fourth-order valence-corrected chi connectivity index (χ4v) is 3.23. The van der Waals surface area contributed by atoms with Gasteiger partial charge in [-0.05, 0) is 18.2 Å². The van der Waals surface area contributed by atoms with E-state index in [2.05, 4.69) is 36.6 Å². The highest BCUT2D eigenvalue weighted by Gasteiger charge is 2.17. The summed E-state index contributed by atoms with van der Waals surface area (Å²) in [6.07, 6.45) is 2.23. The van der Waals surface area contributed by atoms with Gasteiger partial charge in [0.15, 0.2) is 4.90 Å². The summed E-state index contributed by atoms with van der Waals surface area (Å²) in [4.78, 5) is 1.35. The molecule has 0 fully saturated rings. The second-order valence-electron chi connectivity index (χ2n) is 4.11. The molecule has 0 saturated carbocycles. The molecule has 21 heavy (non-hydrogen) atoms. The van der Waals surface area contributed by atoms with Gasteiger partial charge in [0.25, 0.3) is 0 Å². The van der Waals surface area contributed by atoms with E-state index in [9.17, 15) is 13.2 Å². The average Bonchev–Trinajstić information content (AvgIpc) is 2.48. The van der Waals surface area contributed by atoms with Crippen molar-refractivity contribution in [2.24, 2.45) is 0 Å². The molecule has 0 spiro atoms. The summed E-state index contributed by atoms with van der Waals surface area (Å²) in [6.45, 7) is -3.67. The van der Waals surface area contributed by atoms with E-state index in [0.29, 0.717) is 0 Å². The molecule has 0 aliphatic heterocycles. The van der Waals surface area contributed by atoms with Gasteiger partial charge in [-0.1, -0.05) is 36.4 Å². The van der Waals surface area contributed by atoms with Gasteiger partial charge in [0, 0.05) is 16.5 Å². The standard InChI is InChI=1S/C15H14NS.CHF3/c1-17(15-9-3-2-4-10-15)12-14-8-6-5-7-13(14)11-16;2-1(3)4/h2-10H,12H2,1H3;1H/q+1;. The molecular weight excluding hydrogens is 295 g/mol. The summed E-state index contributed by atoms with van der Waals surface area (Å²) in [7, 11) is 0.153. The van der Waals surface area contributed by atoms with Gasteiger partial charge in [0.1, 0.15) is 12.0 Å². The molecule has 2 rings (SSSR count). The van der Waals surface area contributed by atoms with Crippen LogP contribution >= 0.6 is 0 Å². The molecule has 0 saturated heterocycles. The zero-order chi connectivity index (χ0) is 15.7. The van der Waals surface area contributed by atoms with Crippen LogP contribution in [0.15, 0.2) is 59.5 Å². The molecule has 2 aromatic carbocycles. The molecule has 0 amide bonds. The number of nitriles is 1. The maximum Gasteiger partial charge on any atom is 0.379 e. The van der Waals surface area contributed by atoms with Crippen LogP contribution in [0, 0.1) is 11.3 Å². The van der Waals surface area contributed by atoms with E-state index < -0.39 is 6.68 Å². The molecule has 0 aliphatic rings. The first-order valence-electron chi connectivity index (χ1n) is 6.12. The quantitative estimate of drug-likeness (QED) is 0.763. The van der Waals surface area contributed by atoms with Gasteiger partial charge in [-0.25, -0.2) is 0 Å². The van der Waals surface area contributed by atoms with Crippen molar-refractivity contribution in [2.45, 2.75) is 17.3 Å².